The van der Waals surface area contributed by atoms with Crippen molar-refractivity contribution in [1.29, 1.82) is 0 Å². The molecule has 0 aromatic heterocycles. The molecule has 1 aliphatic carbocycles. The molecular formula is C19H34N2O3. The summed E-state index contributed by atoms with van der Waals surface area (Å²) in [7, 11) is 1.78. The van der Waals surface area contributed by atoms with Crippen LogP contribution in [0.5, 0.6) is 0 Å². The maximum absolute atomic E-state index is 12.9. The fourth-order valence-corrected chi connectivity index (χ4v) is 3.95. The molecule has 24 heavy (non-hydrogen) atoms. The molecule has 0 bridgehead atoms. The molecule has 2 aliphatic rings. The number of carbonyl (C=O) groups is 2. The van der Waals surface area contributed by atoms with E-state index in [4.69, 9.17) is 4.74 Å². The molecule has 0 aromatic carbocycles. The van der Waals surface area contributed by atoms with E-state index in [1.165, 1.54) is 12.8 Å². The highest BCUT2D eigenvalue weighted by molar-refractivity contribution is 5.82. The zero-order valence-corrected chi connectivity index (χ0v) is 16.1. The van der Waals surface area contributed by atoms with Crippen molar-refractivity contribution in [2.75, 3.05) is 26.7 Å². The minimum Gasteiger partial charge on any atom is -0.444 e. The molecule has 2 amide bonds. The molecule has 2 fully saturated rings. The van der Waals surface area contributed by atoms with Crippen LogP contribution in [0.1, 0.15) is 66.2 Å². The van der Waals surface area contributed by atoms with Gasteiger partial charge < -0.3 is 14.5 Å². The smallest absolute Gasteiger partial charge is 0.410 e. The van der Waals surface area contributed by atoms with E-state index in [1.54, 1.807) is 11.9 Å². The molecule has 5 nitrogen and oxygen atoms in total. The van der Waals surface area contributed by atoms with Crippen molar-refractivity contribution < 1.29 is 14.3 Å². The van der Waals surface area contributed by atoms with Gasteiger partial charge in [0.05, 0.1) is 0 Å². The summed E-state index contributed by atoms with van der Waals surface area (Å²) in [5.74, 6) is 0.662. The number of hydrogen-bond acceptors (Lipinski definition) is 3. The molecule has 2 rings (SSSR count). The number of amides is 2. The minimum atomic E-state index is -0.475. The van der Waals surface area contributed by atoms with Crippen LogP contribution >= 0.6 is 0 Å². The van der Waals surface area contributed by atoms with Crippen LogP contribution in [0.3, 0.4) is 0 Å². The predicted octanol–water partition coefficient (Wildman–Crippen LogP) is 3.67. The normalized spacial score (nSPS) is 23.9. The number of nitrogens with zero attached hydrogens (tertiary/aromatic N) is 2. The van der Waals surface area contributed by atoms with Crippen LogP contribution in [0.2, 0.25) is 0 Å². The van der Waals surface area contributed by atoms with Gasteiger partial charge in [0.25, 0.3) is 0 Å². The van der Waals surface area contributed by atoms with Crippen molar-refractivity contribution in [3.8, 4) is 0 Å². The fourth-order valence-electron chi connectivity index (χ4n) is 3.95. The van der Waals surface area contributed by atoms with Crippen molar-refractivity contribution in [1.82, 2.24) is 9.80 Å². The second-order valence-electron chi connectivity index (χ2n) is 8.89. The van der Waals surface area contributed by atoms with Crippen LogP contribution in [0, 0.1) is 11.3 Å². The van der Waals surface area contributed by atoms with Gasteiger partial charge in [0.2, 0.25) is 5.91 Å². The number of rotatable bonds is 3. The molecule has 1 saturated carbocycles. The first-order valence-electron chi connectivity index (χ1n) is 9.34. The Balaban J connectivity index is 1.88. The summed E-state index contributed by atoms with van der Waals surface area (Å²) in [6.07, 6.45) is 6.17. The Kier molecular flexibility index (Phi) is 5.82. The second kappa shape index (κ2) is 7.32. The Morgan fingerprint density at radius 3 is 2.42 bits per heavy atom. The van der Waals surface area contributed by atoms with Crippen LogP contribution in [-0.4, -0.2) is 54.1 Å². The first-order valence-corrected chi connectivity index (χ1v) is 9.34. The van der Waals surface area contributed by atoms with Crippen molar-refractivity contribution >= 4 is 12.0 Å². The van der Waals surface area contributed by atoms with E-state index in [-0.39, 0.29) is 11.5 Å². The maximum Gasteiger partial charge on any atom is 0.410 e. The van der Waals surface area contributed by atoms with Crippen LogP contribution in [0.25, 0.3) is 0 Å². The van der Waals surface area contributed by atoms with E-state index >= 15 is 0 Å². The third-order valence-corrected chi connectivity index (χ3v) is 5.27. The zero-order chi connectivity index (χ0) is 18.0. The molecule has 0 radical (unpaired) electrons. The summed E-state index contributed by atoms with van der Waals surface area (Å²) in [6.45, 7) is 10.0. The Morgan fingerprint density at radius 1 is 1.21 bits per heavy atom. The zero-order valence-electron chi connectivity index (χ0n) is 16.1. The van der Waals surface area contributed by atoms with Gasteiger partial charge in [0.1, 0.15) is 5.60 Å². The van der Waals surface area contributed by atoms with Crippen molar-refractivity contribution in [2.45, 2.75) is 71.8 Å². The lowest BCUT2D eigenvalue weighted by atomic mass is 9.85. The average Bonchev–Trinajstić information content (AvgIpc) is 2.93. The molecular weight excluding hydrogens is 304 g/mol. The fraction of sp³-hybridized carbons (Fsp3) is 0.895. The van der Waals surface area contributed by atoms with Gasteiger partial charge in [-0.25, -0.2) is 4.79 Å². The topological polar surface area (TPSA) is 49.9 Å². The summed E-state index contributed by atoms with van der Waals surface area (Å²) in [6, 6.07) is 0. The number of ether oxygens (including phenoxy) is 1. The molecule has 1 unspecified atom stereocenters. The van der Waals surface area contributed by atoms with Gasteiger partial charge in [-0.1, -0.05) is 19.8 Å². The number of likely N-dealkylation sites (tertiary alicyclic amines) is 1. The molecule has 1 saturated heterocycles. The number of piperidine rings is 1. The van der Waals surface area contributed by atoms with Crippen molar-refractivity contribution in [3.05, 3.63) is 0 Å². The van der Waals surface area contributed by atoms with Crippen molar-refractivity contribution in [3.63, 3.8) is 0 Å². The first-order chi connectivity index (χ1) is 11.1. The SMILES string of the molecule is CN(CC1CCCN(C(=O)C2(C)CCCC2)C1)C(=O)OC(C)(C)C. The molecule has 1 heterocycles. The Labute approximate surface area is 146 Å². The predicted molar refractivity (Wildman–Crippen MR) is 94.7 cm³/mol. The largest absolute Gasteiger partial charge is 0.444 e. The highest BCUT2D eigenvalue weighted by atomic mass is 16.6. The lowest BCUT2D eigenvalue weighted by Gasteiger charge is -2.38. The Hall–Kier alpha value is -1.26. The molecule has 138 valence electrons. The molecule has 0 aromatic rings. The second-order valence-corrected chi connectivity index (χ2v) is 8.89. The standard InChI is InChI=1S/C19H34N2O3/c1-18(2,3)24-17(23)20(5)13-15-9-8-12-21(14-15)16(22)19(4)10-6-7-11-19/h15H,6-14H2,1-5H3. The number of hydrogen-bond donors (Lipinski definition) is 0. The van der Waals surface area contributed by atoms with Gasteiger partial charge in [-0.15, -0.1) is 0 Å². The quantitative estimate of drug-likeness (QED) is 0.789. The van der Waals surface area contributed by atoms with E-state index in [2.05, 4.69) is 6.92 Å². The minimum absolute atomic E-state index is 0.154. The van der Waals surface area contributed by atoms with E-state index in [0.29, 0.717) is 18.4 Å². The van der Waals surface area contributed by atoms with Crippen LogP contribution < -0.4 is 0 Å². The van der Waals surface area contributed by atoms with Gasteiger partial charge in [0.15, 0.2) is 0 Å². The molecule has 1 atom stereocenters. The summed E-state index contributed by atoms with van der Waals surface area (Å²) in [4.78, 5) is 28.7. The Morgan fingerprint density at radius 2 is 1.83 bits per heavy atom. The van der Waals surface area contributed by atoms with Crippen LogP contribution in [0.4, 0.5) is 4.79 Å². The number of carbonyl (C=O) groups excluding carboxylic acids is 2. The summed E-state index contributed by atoms with van der Waals surface area (Å²) in [5.41, 5.74) is -0.629. The van der Waals surface area contributed by atoms with Gasteiger partial charge in [-0.3, -0.25) is 4.79 Å². The van der Waals surface area contributed by atoms with Gasteiger partial charge in [-0.2, -0.15) is 0 Å². The highest BCUT2D eigenvalue weighted by Crippen LogP contribution is 2.39. The Bertz CT molecular complexity index is 464. The van der Waals surface area contributed by atoms with E-state index in [1.807, 2.05) is 25.7 Å². The van der Waals surface area contributed by atoms with Gasteiger partial charge >= 0.3 is 6.09 Å². The van der Waals surface area contributed by atoms with Crippen LogP contribution in [0.15, 0.2) is 0 Å². The summed E-state index contributed by atoms with van der Waals surface area (Å²) in [5, 5.41) is 0. The lowest BCUT2D eigenvalue weighted by molar-refractivity contribution is -0.143. The van der Waals surface area contributed by atoms with E-state index in [9.17, 15) is 9.59 Å². The third-order valence-electron chi connectivity index (χ3n) is 5.27. The van der Waals surface area contributed by atoms with E-state index < -0.39 is 5.60 Å². The molecule has 0 N–H and O–H groups in total. The highest BCUT2D eigenvalue weighted by Gasteiger charge is 2.40. The van der Waals surface area contributed by atoms with Gasteiger partial charge in [-0.05, 0) is 52.4 Å². The third kappa shape index (κ3) is 4.87. The van der Waals surface area contributed by atoms with Gasteiger partial charge in [0, 0.05) is 32.1 Å². The maximum atomic E-state index is 12.9. The molecule has 0 spiro atoms. The first kappa shape index (κ1) is 19.1. The van der Waals surface area contributed by atoms with Crippen molar-refractivity contribution in [2.24, 2.45) is 11.3 Å². The summed E-state index contributed by atoms with van der Waals surface area (Å²) >= 11 is 0. The molecule has 5 heteroatoms. The summed E-state index contributed by atoms with van der Waals surface area (Å²) < 4.78 is 5.42. The van der Waals surface area contributed by atoms with E-state index in [0.717, 1.165) is 38.8 Å². The monoisotopic (exact) mass is 338 g/mol. The van der Waals surface area contributed by atoms with Crippen LogP contribution in [-0.2, 0) is 9.53 Å². The molecule has 1 aliphatic heterocycles. The average molecular weight is 338 g/mol. The lowest BCUT2D eigenvalue weighted by Crippen LogP contribution is -2.48.